The number of nitrogens with zero attached hydrogens (tertiary/aromatic N) is 1. The zero-order valence-corrected chi connectivity index (χ0v) is 19.7. The van der Waals surface area contributed by atoms with Crippen LogP contribution < -0.4 is 5.32 Å². The molecule has 6 nitrogen and oxygen atoms in total. The number of hydrogen-bond donors (Lipinski definition) is 1. The number of carbonyl (C=O) groups is 2. The van der Waals surface area contributed by atoms with Crippen LogP contribution in [-0.2, 0) is 21.1 Å². The van der Waals surface area contributed by atoms with Crippen LogP contribution in [0.1, 0.15) is 41.6 Å². The van der Waals surface area contributed by atoms with Gasteiger partial charge in [0.25, 0.3) is 0 Å². The van der Waals surface area contributed by atoms with Crippen molar-refractivity contribution in [3.8, 4) is 0 Å². The van der Waals surface area contributed by atoms with Crippen LogP contribution in [0.2, 0.25) is 0 Å². The summed E-state index contributed by atoms with van der Waals surface area (Å²) < 4.78 is 36.0. The van der Waals surface area contributed by atoms with E-state index in [1.807, 2.05) is 0 Å². The summed E-state index contributed by atoms with van der Waals surface area (Å²) in [6.45, 7) is 3.19. The molecule has 33 heavy (non-hydrogen) atoms. The maximum absolute atomic E-state index is 13.0. The van der Waals surface area contributed by atoms with Gasteiger partial charge in [-0.25, -0.2) is 12.8 Å². The highest BCUT2D eigenvalue weighted by Gasteiger charge is 2.20. The molecule has 2 aromatic carbocycles. The lowest BCUT2D eigenvalue weighted by Crippen LogP contribution is -2.36. The van der Waals surface area contributed by atoms with Crippen LogP contribution in [0, 0.1) is 11.7 Å². The first-order chi connectivity index (χ1) is 15.7. The van der Waals surface area contributed by atoms with E-state index in [0.29, 0.717) is 31.0 Å². The Morgan fingerprint density at radius 3 is 2.27 bits per heavy atom. The van der Waals surface area contributed by atoms with E-state index in [4.69, 9.17) is 0 Å². The molecule has 178 valence electrons. The average Bonchev–Trinajstić information content (AvgIpc) is 2.78. The number of ketones is 1. The van der Waals surface area contributed by atoms with E-state index < -0.39 is 9.84 Å². The zero-order valence-electron chi connectivity index (χ0n) is 18.9. The average molecular weight is 475 g/mol. The molecular weight excluding hydrogens is 443 g/mol. The molecule has 1 aliphatic rings. The summed E-state index contributed by atoms with van der Waals surface area (Å²) in [5.41, 5.74) is 1.33. The fraction of sp³-hybridized carbons (Fsp3) is 0.440. The predicted octanol–water partition coefficient (Wildman–Crippen LogP) is 3.26. The molecule has 0 spiro atoms. The van der Waals surface area contributed by atoms with Crippen LogP contribution in [0.4, 0.5) is 4.39 Å². The standard InChI is InChI=1S/C25H31FN2O4S/c1-33(31,32)23-8-2-20(3-9-23)18-25(30)27-14-10-19-11-15-28(16-12-19)17-13-24(29)21-4-6-22(26)7-5-21/h2-9,19H,10-18H2,1H3,(H,27,30). The fourth-order valence-electron chi connectivity index (χ4n) is 4.06. The second-order valence-electron chi connectivity index (χ2n) is 8.70. The Labute approximate surface area is 195 Å². The van der Waals surface area contributed by atoms with E-state index in [-0.39, 0.29) is 28.8 Å². The van der Waals surface area contributed by atoms with Gasteiger partial charge in [-0.1, -0.05) is 12.1 Å². The van der Waals surface area contributed by atoms with Gasteiger partial charge in [-0.2, -0.15) is 0 Å². The minimum absolute atomic E-state index is 0.0331. The molecule has 1 saturated heterocycles. The molecule has 0 radical (unpaired) electrons. The summed E-state index contributed by atoms with van der Waals surface area (Å²) in [6, 6.07) is 12.1. The molecule has 1 fully saturated rings. The number of carbonyl (C=O) groups excluding carboxylic acids is 2. The Morgan fingerprint density at radius 2 is 1.67 bits per heavy atom. The molecule has 0 bridgehead atoms. The van der Waals surface area contributed by atoms with Crippen molar-refractivity contribution in [2.75, 3.05) is 32.4 Å². The third-order valence-corrected chi connectivity index (χ3v) is 7.25. The van der Waals surface area contributed by atoms with Crippen molar-refractivity contribution in [2.45, 2.75) is 37.0 Å². The number of amides is 1. The third kappa shape index (κ3) is 8.05. The fourth-order valence-corrected chi connectivity index (χ4v) is 4.69. The van der Waals surface area contributed by atoms with Gasteiger partial charge in [-0.05, 0) is 80.2 Å². The lowest BCUT2D eigenvalue weighted by molar-refractivity contribution is -0.120. The van der Waals surface area contributed by atoms with Gasteiger partial charge in [0, 0.05) is 31.3 Å². The molecule has 0 aliphatic carbocycles. The number of sulfone groups is 1. The third-order valence-electron chi connectivity index (χ3n) is 6.12. The lowest BCUT2D eigenvalue weighted by Gasteiger charge is -2.31. The maximum Gasteiger partial charge on any atom is 0.224 e. The van der Waals surface area contributed by atoms with Crippen molar-refractivity contribution in [3.05, 3.63) is 65.5 Å². The monoisotopic (exact) mass is 474 g/mol. The molecule has 0 atom stereocenters. The summed E-state index contributed by atoms with van der Waals surface area (Å²) in [5, 5.41) is 2.95. The second kappa shape index (κ2) is 11.5. The molecule has 1 amide bonds. The first kappa shape index (κ1) is 25.1. The van der Waals surface area contributed by atoms with E-state index in [1.54, 1.807) is 12.1 Å². The largest absolute Gasteiger partial charge is 0.356 e. The van der Waals surface area contributed by atoms with Crippen molar-refractivity contribution in [3.63, 3.8) is 0 Å². The number of rotatable bonds is 10. The number of Topliss-reactive ketones (excluding diaryl/α,β-unsaturated/α-hetero) is 1. The van der Waals surface area contributed by atoms with Crippen molar-refractivity contribution in [2.24, 2.45) is 5.92 Å². The first-order valence-electron chi connectivity index (χ1n) is 11.3. The van der Waals surface area contributed by atoms with Crippen LogP contribution in [0.25, 0.3) is 0 Å². The summed E-state index contributed by atoms with van der Waals surface area (Å²) in [7, 11) is -3.23. The number of halogens is 1. The van der Waals surface area contributed by atoms with Gasteiger partial charge in [0.2, 0.25) is 5.91 Å². The van der Waals surface area contributed by atoms with Gasteiger partial charge >= 0.3 is 0 Å². The molecule has 1 heterocycles. The molecular formula is C25H31FN2O4S. The van der Waals surface area contributed by atoms with Crippen LogP contribution in [0.5, 0.6) is 0 Å². The lowest BCUT2D eigenvalue weighted by atomic mass is 9.93. The smallest absolute Gasteiger partial charge is 0.224 e. The summed E-state index contributed by atoms with van der Waals surface area (Å²) >= 11 is 0. The van der Waals surface area contributed by atoms with Crippen LogP contribution in [0.15, 0.2) is 53.4 Å². The molecule has 8 heteroatoms. The van der Waals surface area contributed by atoms with Gasteiger partial charge in [0.15, 0.2) is 15.6 Å². The molecule has 3 rings (SSSR count). The quantitative estimate of drug-likeness (QED) is 0.535. The normalized spacial score (nSPS) is 15.3. The highest BCUT2D eigenvalue weighted by Crippen LogP contribution is 2.20. The minimum atomic E-state index is -3.23. The van der Waals surface area contributed by atoms with Crippen molar-refractivity contribution >= 4 is 21.5 Å². The van der Waals surface area contributed by atoms with Crippen LogP contribution >= 0.6 is 0 Å². The Bertz CT molecular complexity index is 1040. The van der Waals surface area contributed by atoms with E-state index in [2.05, 4.69) is 10.2 Å². The SMILES string of the molecule is CS(=O)(=O)c1ccc(CC(=O)NCCC2CCN(CCC(=O)c3ccc(F)cc3)CC2)cc1. The highest BCUT2D eigenvalue weighted by molar-refractivity contribution is 7.90. The van der Waals surface area contributed by atoms with E-state index in [1.165, 1.54) is 36.4 Å². The van der Waals surface area contributed by atoms with Gasteiger partial charge < -0.3 is 10.2 Å². The summed E-state index contributed by atoms with van der Waals surface area (Å²) in [6.07, 6.45) is 4.80. The maximum atomic E-state index is 13.0. The number of likely N-dealkylation sites (tertiary alicyclic amines) is 1. The van der Waals surface area contributed by atoms with Gasteiger partial charge in [0.1, 0.15) is 5.82 Å². The minimum Gasteiger partial charge on any atom is -0.356 e. The first-order valence-corrected chi connectivity index (χ1v) is 13.2. The Hall–Kier alpha value is -2.58. The Kier molecular flexibility index (Phi) is 8.74. The number of piperidine rings is 1. The molecule has 0 unspecified atom stereocenters. The summed E-state index contributed by atoms with van der Waals surface area (Å²) in [4.78, 5) is 27.0. The molecule has 0 saturated carbocycles. The van der Waals surface area contributed by atoms with Crippen molar-refractivity contribution < 1.29 is 22.4 Å². The molecule has 1 N–H and O–H groups in total. The van der Waals surface area contributed by atoms with E-state index in [0.717, 1.165) is 44.2 Å². The van der Waals surface area contributed by atoms with Crippen LogP contribution in [0.3, 0.4) is 0 Å². The molecule has 2 aromatic rings. The number of hydrogen-bond acceptors (Lipinski definition) is 5. The van der Waals surface area contributed by atoms with E-state index in [9.17, 15) is 22.4 Å². The van der Waals surface area contributed by atoms with Crippen molar-refractivity contribution in [1.82, 2.24) is 10.2 Å². The number of benzene rings is 2. The zero-order chi connectivity index (χ0) is 23.8. The highest BCUT2D eigenvalue weighted by atomic mass is 32.2. The summed E-state index contributed by atoms with van der Waals surface area (Å²) in [5.74, 6) is 0.168. The Balaban J connectivity index is 1.30. The topological polar surface area (TPSA) is 83.6 Å². The van der Waals surface area contributed by atoms with Crippen molar-refractivity contribution in [1.29, 1.82) is 0 Å². The second-order valence-corrected chi connectivity index (χ2v) is 10.7. The predicted molar refractivity (Wildman–Crippen MR) is 125 cm³/mol. The number of nitrogens with one attached hydrogen (secondary N) is 1. The Morgan fingerprint density at radius 1 is 1.03 bits per heavy atom. The molecule has 0 aromatic heterocycles. The van der Waals surface area contributed by atoms with Gasteiger partial charge in [0.05, 0.1) is 11.3 Å². The molecule has 1 aliphatic heterocycles. The van der Waals surface area contributed by atoms with Gasteiger partial charge in [-0.3, -0.25) is 9.59 Å². The van der Waals surface area contributed by atoms with Crippen LogP contribution in [-0.4, -0.2) is 57.4 Å². The van der Waals surface area contributed by atoms with E-state index >= 15 is 0 Å². The van der Waals surface area contributed by atoms with Gasteiger partial charge in [-0.15, -0.1) is 0 Å².